The van der Waals surface area contributed by atoms with Crippen molar-refractivity contribution in [3.05, 3.63) is 34.4 Å². The second-order valence-electron chi connectivity index (χ2n) is 5.48. The van der Waals surface area contributed by atoms with Crippen LogP contribution in [0.4, 0.5) is 11.4 Å². The Morgan fingerprint density at radius 3 is 2.67 bits per heavy atom. The van der Waals surface area contributed by atoms with Gasteiger partial charge in [0.05, 0.1) is 4.92 Å². The molecule has 0 spiro atoms. The van der Waals surface area contributed by atoms with Gasteiger partial charge in [0.15, 0.2) is 0 Å². The number of benzene rings is 1. The number of hydrogen-bond acceptors (Lipinski definition) is 4. The van der Waals surface area contributed by atoms with Crippen molar-refractivity contribution >= 4 is 17.3 Å². The first-order chi connectivity index (χ1) is 9.93. The predicted molar refractivity (Wildman–Crippen MR) is 83.0 cm³/mol. The minimum atomic E-state index is -0.480. The van der Waals surface area contributed by atoms with Crippen LogP contribution in [0.5, 0.6) is 0 Å². The highest BCUT2D eigenvalue weighted by molar-refractivity contribution is 5.90. The van der Waals surface area contributed by atoms with E-state index >= 15 is 0 Å². The number of nitro benzene ring substituents is 1. The first kappa shape index (κ1) is 17.1. The molecule has 1 rings (SSSR count). The fraction of sp³-hybridized carbons (Fsp3) is 0.533. The fourth-order valence-corrected chi connectivity index (χ4v) is 2.26. The smallest absolute Gasteiger partial charge is 0.271 e. The molecule has 0 heterocycles. The molecular weight excluding hydrogens is 270 g/mol. The van der Waals surface area contributed by atoms with E-state index in [1.807, 2.05) is 0 Å². The molecule has 1 aromatic carbocycles. The molecule has 6 heteroatoms. The first-order valence-corrected chi connectivity index (χ1v) is 7.18. The van der Waals surface area contributed by atoms with Crippen LogP contribution >= 0.6 is 0 Å². The molecule has 0 aliphatic rings. The zero-order valence-electron chi connectivity index (χ0n) is 12.5. The molecule has 1 amide bonds. The van der Waals surface area contributed by atoms with E-state index in [1.165, 1.54) is 12.1 Å². The van der Waals surface area contributed by atoms with Gasteiger partial charge in [-0.05, 0) is 37.3 Å². The Bertz CT molecular complexity index is 489. The number of carbonyl (C=O) groups is 1. The van der Waals surface area contributed by atoms with Gasteiger partial charge in [0.25, 0.3) is 5.69 Å². The minimum absolute atomic E-state index is 0.0315. The first-order valence-electron chi connectivity index (χ1n) is 7.18. The summed E-state index contributed by atoms with van der Waals surface area (Å²) in [5, 5.41) is 13.4. The van der Waals surface area contributed by atoms with Crippen LogP contribution < -0.4 is 11.1 Å². The number of non-ortho nitro benzene ring substituents is 1. The van der Waals surface area contributed by atoms with E-state index in [9.17, 15) is 14.9 Å². The summed E-state index contributed by atoms with van der Waals surface area (Å²) in [6, 6.07) is 5.95. The van der Waals surface area contributed by atoms with Crippen molar-refractivity contribution in [2.75, 3.05) is 11.9 Å². The summed E-state index contributed by atoms with van der Waals surface area (Å²) in [7, 11) is 0. The number of nitro groups is 1. The van der Waals surface area contributed by atoms with E-state index in [0.717, 1.165) is 12.8 Å². The van der Waals surface area contributed by atoms with Crippen molar-refractivity contribution < 1.29 is 9.72 Å². The zero-order valence-corrected chi connectivity index (χ0v) is 12.5. The third kappa shape index (κ3) is 5.91. The zero-order chi connectivity index (χ0) is 15.8. The van der Waals surface area contributed by atoms with Crippen LogP contribution in [0.25, 0.3) is 0 Å². The third-order valence-corrected chi connectivity index (χ3v) is 3.56. The molecule has 0 aliphatic heterocycles. The summed E-state index contributed by atoms with van der Waals surface area (Å²) >= 11 is 0. The van der Waals surface area contributed by atoms with Gasteiger partial charge in [0.1, 0.15) is 0 Å². The van der Waals surface area contributed by atoms with Crippen molar-refractivity contribution in [1.82, 2.24) is 0 Å². The summed E-state index contributed by atoms with van der Waals surface area (Å²) in [5.74, 6) is 0.781. The second-order valence-corrected chi connectivity index (χ2v) is 5.48. The van der Waals surface area contributed by atoms with Crippen molar-refractivity contribution in [3.8, 4) is 0 Å². The van der Waals surface area contributed by atoms with E-state index in [2.05, 4.69) is 19.2 Å². The molecular formula is C15H23N3O3. The summed E-state index contributed by atoms with van der Waals surface area (Å²) < 4.78 is 0. The molecule has 0 bridgehead atoms. The summed E-state index contributed by atoms with van der Waals surface area (Å²) in [4.78, 5) is 22.1. The van der Waals surface area contributed by atoms with Crippen molar-refractivity contribution in [2.45, 2.75) is 33.1 Å². The second kappa shape index (κ2) is 8.36. The lowest BCUT2D eigenvalue weighted by atomic mass is 9.88. The molecule has 3 N–H and O–H groups in total. The molecule has 1 unspecified atom stereocenters. The van der Waals surface area contributed by atoms with E-state index in [-0.39, 0.29) is 11.6 Å². The molecule has 0 radical (unpaired) electrons. The monoisotopic (exact) mass is 293 g/mol. The van der Waals surface area contributed by atoms with Crippen molar-refractivity contribution in [2.24, 2.45) is 17.6 Å². The van der Waals surface area contributed by atoms with E-state index in [0.29, 0.717) is 30.5 Å². The van der Waals surface area contributed by atoms with Gasteiger partial charge < -0.3 is 11.1 Å². The summed E-state index contributed by atoms with van der Waals surface area (Å²) in [5.41, 5.74) is 6.00. The average Bonchev–Trinajstić information content (AvgIpc) is 2.43. The number of hydrogen-bond donors (Lipinski definition) is 2. The van der Waals surface area contributed by atoms with Crippen LogP contribution in [-0.2, 0) is 4.79 Å². The normalized spacial score (nSPS) is 12.2. The Hall–Kier alpha value is -1.95. The fourth-order valence-electron chi connectivity index (χ4n) is 2.26. The van der Waals surface area contributed by atoms with E-state index < -0.39 is 4.92 Å². The Labute approximate surface area is 124 Å². The van der Waals surface area contributed by atoms with Gasteiger partial charge in [-0.15, -0.1) is 0 Å². The van der Waals surface area contributed by atoms with Gasteiger partial charge in [-0.25, -0.2) is 0 Å². The maximum absolute atomic E-state index is 11.9. The van der Waals surface area contributed by atoms with Gasteiger partial charge in [0, 0.05) is 24.2 Å². The summed E-state index contributed by atoms with van der Waals surface area (Å²) in [6.07, 6.45) is 2.07. The molecule has 0 fully saturated rings. The Morgan fingerprint density at radius 2 is 2.10 bits per heavy atom. The largest absolute Gasteiger partial charge is 0.330 e. The number of nitrogens with zero attached hydrogens (tertiary/aromatic N) is 1. The van der Waals surface area contributed by atoms with Gasteiger partial charge in [-0.3, -0.25) is 14.9 Å². The molecule has 21 heavy (non-hydrogen) atoms. The topological polar surface area (TPSA) is 98.3 Å². The number of amides is 1. The van der Waals surface area contributed by atoms with Crippen LogP contribution in [-0.4, -0.2) is 17.4 Å². The minimum Gasteiger partial charge on any atom is -0.330 e. The molecule has 6 nitrogen and oxygen atoms in total. The third-order valence-electron chi connectivity index (χ3n) is 3.56. The molecule has 0 saturated heterocycles. The van der Waals surface area contributed by atoms with Crippen molar-refractivity contribution in [3.63, 3.8) is 0 Å². The van der Waals surface area contributed by atoms with Crippen LogP contribution in [0, 0.1) is 22.0 Å². The number of anilines is 1. The number of rotatable bonds is 8. The lowest BCUT2D eigenvalue weighted by Gasteiger charge is -2.19. The Balaban J connectivity index is 2.53. The maximum atomic E-state index is 11.9. The van der Waals surface area contributed by atoms with E-state index in [1.54, 1.807) is 12.1 Å². The molecule has 116 valence electrons. The van der Waals surface area contributed by atoms with Crippen LogP contribution in [0.1, 0.15) is 33.1 Å². The Morgan fingerprint density at radius 1 is 1.38 bits per heavy atom. The standard InChI is InChI=1S/C15H23N3O3/c1-11(2)12(8-9-16)6-7-15(19)17-13-4-3-5-14(10-13)18(20)21/h3-5,10-12H,6-9,16H2,1-2H3,(H,17,19). The van der Waals surface area contributed by atoms with Crippen molar-refractivity contribution in [1.29, 1.82) is 0 Å². The van der Waals surface area contributed by atoms with Gasteiger partial charge in [-0.2, -0.15) is 0 Å². The Kier molecular flexibility index (Phi) is 6.81. The van der Waals surface area contributed by atoms with Gasteiger partial charge in [0.2, 0.25) is 5.91 Å². The lowest BCUT2D eigenvalue weighted by molar-refractivity contribution is -0.384. The molecule has 1 aromatic rings. The molecule has 0 aromatic heterocycles. The molecule has 0 saturated carbocycles. The van der Waals surface area contributed by atoms with E-state index in [4.69, 9.17) is 5.73 Å². The maximum Gasteiger partial charge on any atom is 0.271 e. The predicted octanol–water partition coefficient (Wildman–Crippen LogP) is 2.93. The highest BCUT2D eigenvalue weighted by atomic mass is 16.6. The molecule has 0 aliphatic carbocycles. The lowest BCUT2D eigenvalue weighted by Crippen LogP contribution is -2.18. The highest BCUT2D eigenvalue weighted by Crippen LogP contribution is 2.21. The van der Waals surface area contributed by atoms with Crippen LogP contribution in [0.2, 0.25) is 0 Å². The quantitative estimate of drug-likeness (QED) is 0.568. The SMILES string of the molecule is CC(C)C(CCN)CCC(=O)Nc1cccc([N+](=O)[O-])c1. The molecule has 1 atom stereocenters. The summed E-state index contributed by atoms with van der Waals surface area (Å²) in [6.45, 7) is 4.87. The van der Waals surface area contributed by atoms with Gasteiger partial charge >= 0.3 is 0 Å². The van der Waals surface area contributed by atoms with Gasteiger partial charge in [-0.1, -0.05) is 19.9 Å². The number of nitrogens with two attached hydrogens (primary N) is 1. The van der Waals surface area contributed by atoms with Crippen LogP contribution in [0.3, 0.4) is 0 Å². The average molecular weight is 293 g/mol. The van der Waals surface area contributed by atoms with Crippen LogP contribution in [0.15, 0.2) is 24.3 Å². The highest BCUT2D eigenvalue weighted by Gasteiger charge is 2.15. The number of nitrogens with one attached hydrogen (secondary N) is 1. The number of carbonyl (C=O) groups excluding carboxylic acids is 1.